The van der Waals surface area contributed by atoms with Crippen molar-refractivity contribution in [1.29, 1.82) is 0 Å². The number of benzene rings is 1. The van der Waals surface area contributed by atoms with Crippen LogP contribution in [0, 0.1) is 3.70 Å². The maximum atomic E-state index is 12.2. The first-order chi connectivity index (χ1) is 10.7. The summed E-state index contributed by atoms with van der Waals surface area (Å²) < 4.78 is 8.28. The van der Waals surface area contributed by atoms with E-state index in [1.54, 1.807) is 11.1 Å². The van der Waals surface area contributed by atoms with Gasteiger partial charge in [-0.15, -0.1) is 5.10 Å². The number of aromatic nitrogens is 3. The fourth-order valence-corrected chi connectivity index (χ4v) is 3.22. The summed E-state index contributed by atoms with van der Waals surface area (Å²) in [6.07, 6.45) is 3.42. The summed E-state index contributed by atoms with van der Waals surface area (Å²) in [6, 6.07) is 9.89. The number of piperidine rings is 1. The highest BCUT2D eigenvalue weighted by molar-refractivity contribution is 14.1. The Balaban J connectivity index is 1.57. The smallest absolute Gasteiger partial charge is 0.410 e. The lowest BCUT2D eigenvalue weighted by Crippen LogP contribution is -2.41. The van der Waals surface area contributed by atoms with E-state index in [-0.39, 0.29) is 12.1 Å². The third-order valence-corrected chi connectivity index (χ3v) is 4.51. The van der Waals surface area contributed by atoms with E-state index >= 15 is 0 Å². The molecule has 0 N–H and O–H groups in total. The van der Waals surface area contributed by atoms with Crippen LogP contribution in [0.3, 0.4) is 0 Å². The van der Waals surface area contributed by atoms with Crippen molar-refractivity contribution in [2.24, 2.45) is 0 Å². The first-order valence-electron chi connectivity index (χ1n) is 7.25. The first kappa shape index (κ1) is 15.3. The summed E-state index contributed by atoms with van der Waals surface area (Å²) in [5.41, 5.74) is 0.996. The number of nitrogens with zero attached hydrogens (tertiary/aromatic N) is 4. The van der Waals surface area contributed by atoms with Gasteiger partial charge in [0.1, 0.15) is 10.3 Å². The zero-order chi connectivity index (χ0) is 15.4. The molecule has 3 rings (SSSR count). The van der Waals surface area contributed by atoms with Gasteiger partial charge >= 0.3 is 6.09 Å². The van der Waals surface area contributed by atoms with E-state index in [1.807, 2.05) is 35.0 Å². The van der Waals surface area contributed by atoms with E-state index in [2.05, 4.69) is 32.9 Å². The molecule has 1 aliphatic rings. The predicted octanol–water partition coefficient (Wildman–Crippen LogP) is 2.86. The summed E-state index contributed by atoms with van der Waals surface area (Å²) in [5, 5.41) is 8.02. The van der Waals surface area contributed by atoms with Crippen LogP contribution in [-0.4, -0.2) is 39.1 Å². The maximum absolute atomic E-state index is 12.2. The highest BCUT2D eigenvalue weighted by Gasteiger charge is 2.27. The lowest BCUT2D eigenvalue weighted by atomic mass is 10.1. The first-order valence-corrected chi connectivity index (χ1v) is 8.33. The molecule has 1 aliphatic heterocycles. The molecule has 0 spiro atoms. The van der Waals surface area contributed by atoms with E-state index in [0.29, 0.717) is 13.2 Å². The summed E-state index contributed by atoms with van der Waals surface area (Å²) in [6.45, 7) is 1.66. The van der Waals surface area contributed by atoms with Crippen LogP contribution >= 0.6 is 22.6 Å². The van der Waals surface area contributed by atoms with E-state index in [0.717, 1.165) is 28.7 Å². The minimum atomic E-state index is -0.260. The topological polar surface area (TPSA) is 60.2 Å². The molecule has 2 aromatic rings. The molecule has 0 aliphatic carbocycles. The molecule has 0 radical (unpaired) electrons. The van der Waals surface area contributed by atoms with Gasteiger partial charge in [-0.2, -0.15) is 0 Å². The van der Waals surface area contributed by atoms with E-state index in [4.69, 9.17) is 4.74 Å². The number of ether oxygens (including phenoxy) is 1. The second kappa shape index (κ2) is 7.08. The maximum Gasteiger partial charge on any atom is 0.410 e. The number of likely N-dealkylation sites (tertiary alicyclic amines) is 1. The van der Waals surface area contributed by atoms with Crippen LogP contribution in [0.1, 0.15) is 24.4 Å². The Kier molecular flexibility index (Phi) is 4.91. The highest BCUT2D eigenvalue weighted by atomic mass is 127. The average molecular weight is 412 g/mol. The average Bonchev–Trinajstić information content (AvgIpc) is 3.00. The Morgan fingerprint density at radius 2 is 2.18 bits per heavy atom. The van der Waals surface area contributed by atoms with Gasteiger partial charge in [-0.05, 0) is 41.0 Å². The van der Waals surface area contributed by atoms with Crippen molar-refractivity contribution >= 4 is 28.7 Å². The van der Waals surface area contributed by atoms with Gasteiger partial charge < -0.3 is 9.64 Å². The summed E-state index contributed by atoms with van der Waals surface area (Å²) in [4.78, 5) is 14.0. The number of carbonyl (C=O) groups excluding carboxylic acids is 1. The molecular weight excluding hydrogens is 395 g/mol. The third-order valence-electron chi connectivity index (χ3n) is 3.74. The summed E-state index contributed by atoms with van der Waals surface area (Å²) in [5.74, 6) is 0. The lowest BCUT2D eigenvalue weighted by Gasteiger charge is -2.32. The van der Waals surface area contributed by atoms with Crippen LogP contribution in [0.15, 0.2) is 36.5 Å². The fraction of sp³-hybridized carbons (Fsp3) is 0.400. The highest BCUT2D eigenvalue weighted by Crippen LogP contribution is 2.23. The Hall–Kier alpha value is -1.64. The lowest BCUT2D eigenvalue weighted by molar-refractivity contribution is 0.0783. The number of hydrogen-bond donors (Lipinski definition) is 0. The van der Waals surface area contributed by atoms with Crippen LogP contribution in [-0.2, 0) is 11.3 Å². The van der Waals surface area contributed by atoms with Gasteiger partial charge in [-0.25, -0.2) is 9.48 Å². The second-order valence-electron chi connectivity index (χ2n) is 5.28. The predicted molar refractivity (Wildman–Crippen MR) is 89.2 cm³/mol. The minimum Gasteiger partial charge on any atom is -0.445 e. The molecule has 7 heteroatoms. The van der Waals surface area contributed by atoms with Crippen molar-refractivity contribution in [2.45, 2.75) is 25.5 Å². The van der Waals surface area contributed by atoms with Gasteiger partial charge in [-0.1, -0.05) is 35.5 Å². The molecule has 116 valence electrons. The Bertz CT molecular complexity index is 631. The van der Waals surface area contributed by atoms with E-state index in [1.165, 1.54) is 0 Å². The van der Waals surface area contributed by atoms with Crippen LogP contribution in [0.5, 0.6) is 0 Å². The molecule has 1 fully saturated rings. The second-order valence-corrected chi connectivity index (χ2v) is 6.39. The summed E-state index contributed by atoms with van der Waals surface area (Å²) >= 11 is 2.21. The van der Waals surface area contributed by atoms with Crippen molar-refractivity contribution in [1.82, 2.24) is 19.9 Å². The van der Waals surface area contributed by atoms with Gasteiger partial charge in [0.05, 0.1) is 12.2 Å². The molecule has 1 amide bonds. The normalized spacial score (nSPS) is 18.2. The molecule has 1 aromatic carbocycles. The molecule has 1 unspecified atom stereocenters. The number of rotatable bonds is 3. The fourth-order valence-electron chi connectivity index (χ4n) is 2.61. The van der Waals surface area contributed by atoms with Crippen LogP contribution in [0.25, 0.3) is 0 Å². The van der Waals surface area contributed by atoms with Crippen LogP contribution in [0.2, 0.25) is 0 Å². The SMILES string of the molecule is O=C(OCc1ccccc1)N1CCCC(n2nncc2I)C1. The van der Waals surface area contributed by atoms with Gasteiger partial charge in [0, 0.05) is 13.1 Å². The van der Waals surface area contributed by atoms with Gasteiger partial charge in [0.25, 0.3) is 0 Å². The number of hydrogen-bond acceptors (Lipinski definition) is 4. The van der Waals surface area contributed by atoms with Crippen LogP contribution < -0.4 is 0 Å². The van der Waals surface area contributed by atoms with Crippen molar-refractivity contribution in [2.75, 3.05) is 13.1 Å². The summed E-state index contributed by atoms with van der Waals surface area (Å²) in [7, 11) is 0. The number of carbonyl (C=O) groups is 1. The van der Waals surface area contributed by atoms with Crippen molar-refractivity contribution in [3.05, 3.63) is 45.8 Å². The molecule has 6 nitrogen and oxygen atoms in total. The zero-order valence-corrected chi connectivity index (χ0v) is 14.2. The molecule has 0 bridgehead atoms. The van der Waals surface area contributed by atoms with Crippen LogP contribution in [0.4, 0.5) is 4.79 Å². The van der Waals surface area contributed by atoms with Gasteiger partial charge in [0.15, 0.2) is 0 Å². The molecule has 1 saturated heterocycles. The quantitative estimate of drug-likeness (QED) is 0.728. The number of halogens is 1. The molecular formula is C15H17IN4O2. The largest absolute Gasteiger partial charge is 0.445 e. The molecule has 0 saturated carbocycles. The van der Waals surface area contributed by atoms with Crippen molar-refractivity contribution in [3.63, 3.8) is 0 Å². The van der Waals surface area contributed by atoms with Gasteiger partial charge in [-0.3, -0.25) is 0 Å². The molecule has 1 atom stereocenters. The molecule has 22 heavy (non-hydrogen) atoms. The Morgan fingerprint density at radius 3 is 2.91 bits per heavy atom. The molecule has 2 heterocycles. The van der Waals surface area contributed by atoms with Crippen molar-refractivity contribution in [3.8, 4) is 0 Å². The number of amides is 1. The minimum absolute atomic E-state index is 0.174. The zero-order valence-electron chi connectivity index (χ0n) is 12.1. The third kappa shape index (κ3) is 3.57. The van der Waals surface area contributed by atoms with E-state index in [9.17, 15) is 4.79 Å². The molecule has 1 aromatic heterocycles. The monoisotopic (exact) mass is 412 g/mol. The van der Waals surface area contributed by atoms with Gasteiger partial charge in [0.2, 0.25) is 0 Å². The Labute approximate surface area is 142 Å². The standard InChI is InChI=1S/C15H17IN4O2/c16-14-9-17-18-20(14)13-7-4-8-19(10-13)15(21)22-11-12-5-2-1-3-6-12/h1-3,5-6,9,13H,4,7-8,10-11H2. The van der Waals surface area contributed by atoms with E-state index < -0.39 is 0 Å². The van der Waals surface area contributed by atoms with Crippen molar-refractivity contribution < 1.29 is 9.53 Å². The Morgan fingerprint density at radius 1 is 1.36 bits per heavy atom.